The van der Waals surface area contributed by atoms with Gasteiger partial charge in [0.1, 0.15) is 0 Å². The SMILES string of the molecule is CCCNC(C)c1cc(Br)ccc1N1CCCCC1. The van der Waals surface area contributed by atoms with E-state index >= 15 is 0 Å². The fourth-order valence-electron chi connectivity index (χ4n) is 2.77. The lowest BCUT2D eigenvalue weighted by molar-refractivity contribution is 0.553. The molecule has 0 amide bonds. The molecule has 1 atom stereocenters. The molecule has 0 bridgehead atoms. The zero-order valence-electron chi connectivity index (χ0n) is 12.1. The molecule has 1 aromatic rings. The van der Waals surface area contributed by atoms with E-state index in [4.69, 9.17) is 0 Å². The van der Waals surface area contributed by atoms with E-state index in [-0.39, 0.29) is 0 Å². The Balaban J connectivity index is 2.21. The van der Waals surface area contributed by atoms with E-state index in [0.717, 1.165) is 6.54 Å². The highest BCUT2D eigenvalue weighted by Gasteiger charge is 2.17. The highest BCUT2D eigenvalue weighted by molar-refractivity contribution is 9.10. The average molecular weight is 325 g/mol. The first-order valence-electron chi connectivity index (χ1n) is 7.50. The van der Waals surface area contributed by atoms with E-state index in [1.54, 1.807) is 0 Å². The van der Waals surface area contributed by atoms with Gasteiger partial charge in [-0.25, -0.2) is 0 Å². The van der Waals surface area contributed by atoms with E-state index < -0.39 is 0 Å². The van der Waals surface area contributed by atoms with E-state index in [2.05, 4.69) is 58.2 Å². The topological polar surface area (TPSA) is 15.3 Å². The molecule has 1 aliphatic heterocycles. The van der Waals surface area contributed by atoms with Gasteiger partial charge in [0.05, 0.1) is 0 Å². The van der Waals surface area contributed by atoms with E-state index in [9.17, 15) is 0 Å². The lowest BCUT2D eigenvalue weighted by Gasteiger charge is -2.32. The molecule has 19 heavy (non-hydrogen) atoms. The lowest BCUT2D eigenvalue weighted by Crippen LogP contribution is -2.31. The Morgan fingerprint density at radius 1 is 1.26 bits per heavy atom. The van der Waals surface area contributed by atoms with Gasteiger partial charge in [0.25, 0.3) is 0 Å². The minimum absolute atomic E-state index is 0.411. The number of hydrogen-bond acceptors (Lipinski definition) is 2. The van der Waals surface area contributed by atoms with Crippen molar-refractivity contribution < 1.29 is 0 Å². The van der Waals surface area contributed by atoms with Crippen molar-refractivity contribution in [2.45, 2.75) is 45.6 Å². The van der Waals surface area contributed by atoms with Crippen LogP contribution >= 0.6 is 15.9 Å². The molecule has 2 rings (SSSR count). The van der Waals surface area contributed by atoms with Crippen molar-refractivity contribution in [2.24, 2.45) is 0 Å². The number of nitrogens with one attached hydrogen (secondary N) is 1. The van der Waals surface area contributed by atoms with Crippen molar-refractivity contribution >= 4 is 21.6 Å². The Labute approximate surface area is 125 Å². The molecule has 1 N–H and O–H groups in total. The summed E-state index contributed by atoms with van der Waals surface area (Å²) in [5.41, 5.74) is 2.84. The van der Waals surface area contributed by atoms with Gasteiger partial charge in [-0.15, -0.1) is 0 Å². The molecule has 1 fully saturated rings. The summed E-state index contributed by atoms with van der Waals surface area (Å²) in [7, 11) is 0. The van der Waals surface area contributed by atoms with Crippen LogP contribution in [0.1, 0.15) is 51.1 Å². The fourth-order valence-corrected chi connectivity index (χ4v) is 3.14. The van der Waals surface area contributed by atoms with Crippen LogP contribution in [-0.2, 0) is 0 Å². The monoisotopic (exact) mass is 324 g/mol. The van der Waals surface area contributed by atoms with Crippen molar-refractivity contribution in [2.75, 3.05) is 24.5 Å². The second kappa shape index (κ2) is 7.30. The number of nitrogens with zero attached hydrogens (tertiary/aromatic N) is 1. The first kappa shape index (κ1) is 14.9. The quantitative estimate of drug-likeness (QED) is 0.857. The predicted molar refractivity (Wildman–Crippen MR) is 86.9 cm³/mol. The normalized spacial score (nSPS) is 17.5. The molecule has 106 valence electrons. The smallest absolute Gasteiger partial charge is 0.0415 e. The largest absolute Gasteiger partial charge is 0.371 e. The Morgan fingerprint density at radius 3 is 2.68 bits per heavy atom. The summed E-state index contributed by atoms with van der Waals surface area (Å²) in [6.07, 6.45) is 5.21. The van der Waals surface area contributed by atoms with Crippen molar-refractivity contribution in [1.82, 2.24) is 5.32 Å². The van der Waals surface area contributed by atoms with Gasteiger partial charge in [-0.1, -0.05) is 22.9 Å². The van der Waals surface area contributed by atoms with Crippen LogP contribution in [0.2, 0.25) is 0 Å². The number of anilines is 1. The standard InChI is InChI=1S/C16H25BrN2/c1-3-9-18-13(2)15-12-14(17)7-8-16(15)19-10-5-4-6-11-19/h7-8,12-13,18H,3-6,9-11H2,1-2H3. The van der Waals surface area contributed by atoms with Crippen LogP contribution in [0.3, 0.4) is 0 Å². The molecule has 1 heterocycles. The first-order chi connectivity index (χ1) is 9.22. The van der Waals surface area contributed by atoms with Crippen LogP contribution in [0, 0.1) is 0 Å². The molecule has 1 aliphatic rings. The first-order valence-corrected chi connectivity index (χ1v) is 8.29. The Kier molecular flexibility index (Phi) is 5.71. The summed E-state index contributed by atoms with van der Waals surface area (Å²) < 4.78 is 1.17. The zero-order chi connectivity index (χ0) is 13.7. The van der Waals surface area contributed by atoms with Gasteiger partial charge in [0.2, 0.25) is 0 Å². The molecule has 1 unspecified atom stereocenters. The second-order valence-electron chi connectivity index (χ2n) is 5.43. The summed E-state index contributed by atoms with van der Waals surface area (Å²) in [4.78, 5) is 2.55. The van der Waals surface area contributed by atoms with Gasteiger partial charge in [0, 0.05) is 29.3 Å². The fraction of sp³-hybridized carbons (Fsp3) is 0.625. The van der Waals surface area contributed by atoms with Gasteiger partial charge in [0.15, 0.2) is 0 Å². The molecule has 3 heteroatoms. The highest BCUT2D eigenvalue weighted by Crippen LogP contribution is 2.31. The van der Waals surface area contributed by atoms with Gasteiger partial charge >= 0.3 is 0 Å². The number of benzene rings is 1. The minimum atomic E-state index is 0.411. The highest BCUT2D eigenvalue weighted by atomic mass is 79.9. The molecule has 1 aromatic carbocycles. The molecule has 0 spiro atoms. The number of rotatable bonds is 5. The molecule has 1 saturated heterocycles. The van der Waals surface area contributed by atoms with Crippen LogP contribution in [0.15, 0.2) is 22.7 Å². The maximum absolute atomic E-state index is 3.61. The van der Waals surface area contributed by atoms with Crippen LogP contribution < -0.4 is 10.2 Å². The number of halogens is 1. The third-order valence-corrected chi connectivity index (χ3v) is 4.35. The van der Waals surface area contributed by atoms with E-state index in [1.165, 1.54) is 54.5 Å². The van der Waals surface area contributed by atoms with Crippen molar-refractivity contribution in [3.05, 3.63) is 28.2 Å². The minimum Gasteiger partial charge on any atom is -0.371 e. The number of hydrogen-bond donors (Lipinski definition) is 1. The Morgan fingerprint density at radius 2 is 2.00 bits per heavy atom. The van der Waals surface area contributed by atoms with Crippen LogP contribution in [0.4, 0.5) is 5.69 Å². The summed E-state index contributed by atoms with van der Waals surface area (Å²) in [5.74, 6) is 0. The summed E-state index contributed by atoms with van der Waals surface area (Å²) in [5, 5.41) is 3.61. The van der Waals surface area contributed by atoms with Gasteiger partial charge in [-0.05, 0) is 62.9 Å². The lowest BCUT2D eigenvalue weighted by atomic mass is 10.0. The van der Waals surface area contributed by atoms with Crippen LogP contribution in [0.25, 0.3) is 0 Å². The van der Waals surface area contributed by atoms with Crippen LogP contribution in [-0.4, -0.2) is 19.6 Å². The average Bonchev–Trinajstić information content (AvgIpc) is 2.45. The summed E-state index contributed by atoms with van der Waals surface area (Å²) in [6.45, 7) is 7.97. The molecule has 2 nitrogen and oxygen atoms in total. The Bertz CT molecular complexity index is 400. The molecule has 0 aliphatic carbocycles. The predicted octanol–water partition coefficient (Wildman–Crippen LogP) is 4.50. The number of piperidine rings is 1. The van der Waals surface area contributed by atoms with Crippen molar-refractivity contribution in [3.63, 3.8) is 0 Å². The third kappa shape index (κ3) is 3.96. The van der Waals surface area contributed by atoms with Gasteiger partial charge in [-0.2, -0.15) is 0 Å². The third-order valence-electron chi connectivity index (χ3n) is 3.85. The summed E-state index contributed by atoms with van der Waals surface area (Å²) >= 11 is 3.61. The van der Waals surface area contributed by atoms with E-state index in [1.807, 2.05) is 0 Å². The molecular weight excluding hydrogens is 300 g/mol. The van der Waals surface area contributed by atoms with Gasteiger partial charge < -0.3 is 10.2 Å². The van der Waals surface area contributed by atoms with Crippen molar-refractivity contribution in [1.29, 1.82) is 0 Å². The zero-order valence-corrected chi connectivity index (χ0v) is 13.7. The summed E-state index contributed by atoms with van der Waals surface area (Å²) in [6, 6.07) is 7.13. The maximum Gasteiger partial charge on any atom is 0.0415 e. The molecule has 0 aromatic heterocycles. The van der Waals surface area contributed by atoms with Crippen molar-refractivity contribution in [3.8, 4) is 0 Å². The second-order valence-corrected chi connectivity index (χ2v) is 6.34. The van der Waals surface area contributed by atoms with Crippen LogP contribution in [0.5, 0.6) is 0 Å². The molecule has 0 saturated carbocycles. The molecular formula is C16H25BrN2. The maximum atomic E-state index is 3.61. The Hall–Kier alpha value is -0.540. The van der Waals surface area contributed by atoms with Gasteiger partial charge in [-0.3, -0.25) is 0 Å². The molecule has 0 radical (unpaired) electrons. The van der Waals surface area contributed by atoms with E-state index in [0.29, 0.717) is 6.04 Å².